The third-order valence-corrected chi connectivity index (χ3v) is 4.05. The van der Waals surface area contributed by atoms with E-state index in [2.05, 4.69) is 10.6 Å². The van der Waals surface area contributed by atoms with Gasteiger partial charge in [-0.05, 0) is 31.0 Å². The second-order valence-electron chi connectivity index (χ2n) is 5.39. The molecule has 0 aliphatic carbocycles. The van der Waals surface area contributed by atoms with Gasteiger partial charge in [-0.2, -0.15) is 0 Å². The summed E-state index contributed by atoms with van der Waals surface area (Å²) in [6, 6.07) is 5.59. The number of nitrogens with one attached hydrogen (secondary N) is 2. The van der Waals surface area contributed by atoms with Gasteiger partial charge in [-0.25, -0.2) is 9.18 Å². The fourth-order valence-electron chi connectivity index (χ4n) is 2.82. The molecule has 6 heteroatoms. The van der Waals surface area contributed by atoms with Crippen molar-refractivity contribution < 1.29 is 14.0 Å². The third-order valence-electron chi connectivity index (χ3n) is 4.05. The average molecular weight is 277 g/mol. The van der Waals surface area contributed by atoms with E-state index in [0.717, 1.165) is 0 Å². The van der Waals surface area contributed by atoms with Gasteiger partial charge in [0.15, 0.2) is 0 Å². The molecule has 1 aromatic rings. The molecular formula is C14H16FN3O2. The molecular weight excluding hydrogens is 261 g/mol. The van der Waals surface area contributed by atoms with Crippen LogP contribution in [-0.4, -0.2) is 42.0 Å². The Morgan fingerprint density at radius 1 is 1.30 bits per heavy atom. The summed E-state index contributed by atoms with van der Waals surface area (Å²) in [6.07, 6.45) is 1.43. The van der Waals surface area contributed by atoms with Crippen molar-refractivity contribution in [1.29, 1.82) is 0 Å². The Balaban J connectivity index is 1.66. The van der Waals surface area contributed by atoms with Crippen LogP contribution in [0.4, 0.5) is 9.18 Å². The lowest BCUT2D eigenvalue weighted by Gasteiger charge is -2.38. The summed E-state index contributed by atoms with van der Waals surface area (Å²) >= 11 is 0. The van der Waals surface area contributed by atoms with Crippen LogP contribution in [-0.2, 0) is 0 Å². The third kappa shape index (κ3) is 2.33. The van der Waals surface area contributed by atoms with E-state index in [1.54, 1.807) is 11.0 Å². The van der Waals surface area contributed by atoms with Crippen LogP contribution in [0.5, 0.6) is 0 Å². The van der Waals surface area contributed by atoms with Gasteiger partial charge in [0.1, 0.15) is 5.82 Å². The summed E-state index contributed by atoms with van der Waals surface area (Å²) in [7, 11) is 0. The second-order valence-corrected chi connectivity index (χ2v) is 5.39. The molecule has 0 radical (unpaired) electrons. The number of nitrogens with zero attached hydrogens (tertiary/aromatic N) is 1. The van der Waals surface area contributed by atoms with Crippen molar-refractivity contribution in [2.24, 2.45) is 0 Å². The van der Waals surface area contributed by atoms with Gasteiger partial charge < -0.3 is 15.5 Å². The van der Waals surface area contributed by atoms with Crippen LogP contribution in [0.25, 0.3) is 0 Å². The van der Waals surface area contributed by atoms with Crippen molar-refractivity contribution in [3.8, 4) is 0 Å². The Kier molecular flexibility index (Phi) is 3.08. The molecule has 2 aliphatic heterocycles. The maximum atomic E-state index is 13.2. The molecule has 2 N–H and O–H groups in total. The van der Waals surface area contributed by atoms with Crippen LogP contribution in [0.1, 0.15) is 23.2 Å². The minimum absolute atomic E-state index is 0.144. The van der Waals surface area contributed by atoms with Crippen LogP contribution in [0.3, 0.4) is 0 Å². The van der Waals surface area contributed by atoms with Crippen molar-refractivity contribution in [1.82, 2.24) is 15.5 Å². The Hall–Kier alpha value is -2.11. The Morgan fingerprint density at radius 3 is 2.65 bits per heavy atom. The highest BCUT2D eigenvalue weighted by Gasteiger charge is 2.41. The smallest absolute Gasteiger partial charge is 0.315 e. The normalized spacial score (nSPS) is 20.6. The first-order chi connectivity index (χ1) is 9.58. The molecule has 0 atom stereocenters. The number of rotatable bonds is 1. The molecule has 3 amide bonds. The number of likely N-dealkylation sites (tertiary alicyclic amines) is 1. The van der Waals surface area contributed by atoms with Gasteiger partial charge in [-0.1, -0.05) is 6.07 Å². The van der Waals surface area contributed by atoms with Crippen molar-refractivity contribution in [3.63, 3.8) is 0 Å². The standard InChI is InChI=1S/C14H16FN3O2/c15-11-3-1-2-10(8-11)12(19)18-6-4-14(5-7-18)9-16-13(20)17-14/h1-3,8H,4-7,9H2,(H2,16,17,20). The summed E-state index contributed by atoms with van der Waals surface area (Å²) < 4.78 is 13.2. The zero-order valence-electron chi connectivity index (χ0n) is 11.0. The molecule has 2 fully saturated rings. The molecule has 0 saturated carbocycles. The van der Waals surface area contributed by atoms with Gasteiger partial charge in [0.05, 0.1) is 5.54 Å². The van der Waals surface area contributed by atoms with Crippen LogP contribution < -0.4 is 10.6 Å². The van der Waals surface area contributed by atoms with Gasteiger partial charge >= 0.3 is 6.03 Å². The predicted octanol–water partition coefficient (Wildman–Crippen LogP) is 1.11. The lowest BCUT2D eigenvalue weighted by atomic mass is 9.88. The highest BCUT2D eigenvalue weighted by molar-refractivity contribution is 5.94. The van der Waals surface area contributed by atoms with Crippen molar-refractivity contribution >= 4 is 11.9 Å². The molecule has 0 unspecified atom stereocenters. The minimum Gasteiger partial charge on any atom is -0.338 e. The van der Waals surface area contributed by atoms with Crippen molar-refractivity contribution in [2.75, 3.05) is 19.6 Å². The first-order valence-corrected chi connectivity index (χ1v) is 6.69. The number of hydrogen-bond donors (Lipinski definition) is 2. The second kappa shape index (κ2) is 4.77. The monoisotopic (exact) mass is 277 g/mol. The van der Waals surface area contributed by atoms with E-state index in [0.29, 0.717) is 38.0 Å². The molecule has 0 aromatic heterocycles. The maximum absolute atomic E-state index is 13.2. The molecule has 2 heterocycles. The molecule has 2 saturated heterocycles. The van der Waals surface area contributed by atoms with E-state index < -0.39 is 5.82 Å². The van der Waals surface area contributed by atoms with Gasteiger partial charge in [0.2, 0.25) is 0 Å². The van der Waals surface area contributed by atoms with Gasteiger partial charge in [-0.3, -0.25) is 4.79 Å². The van der Waals surface area contributed by atoms with E-state index in [1.807, 2.05) is 0 Å². The summed E-state index contributed by atoms with van der Waals surface area (Å²) in [5.74, 6) is -0.562. The van der Waals surface area contributed by atoms with E-state index >= 15 is 0 Å². The van der Waals surface area contributed by atoms with Gasteiger partial charge in [-0.15, -0.1) is 0 Å². The zero-order chi connectivity index (χ0) is 14.2. The van der Waals surface area contributed by atoms with Crippen LogP contribution >= 0.6 is 0 Å². The number of carbonyl (C=O) groups excluding carboxylic acids is 2. The Labute approximate surface area is 116 Å². The molecule has 1 aromatic carbocycles. The number of benzene rings is 1. The quantitative estimate of drug-likeness (QED) is 0.808. The highest BCUT2D eigenvalue weighted by atomic mass is 19.1. The summed E-state index contributed by atoms with van der Waals surface area (Å²) in [4.78, 5) is 25.2. The largest absolute Gasteiger partial charge is 0.338 e. The summed E-state index contributed by atoms with van der Waals surface area (Å²) in [6.45, 7) is 1.74. The predicted molar refractivity (Wildman–Crippen MR) is 70.8 cm³/mol. The van der Waals surface area contributed by atoms with E-state index in [9.17, 15) is 14.0 Å². The number of halogens is 1. The van der Waals surface area contributed by atoms with Gasteiger partial charge in [0.25, 0.3) is 5.91 Å². The SMILES string of the molecule is O=C1NCC2(CCN(C(=O)c3cccc(F)c3)CC2)N1. The summed E-state index contributed by atoms with van der Waals surface area (Å²) in [5.41, 5.74) is 0.144. The average Bonchev–Trinajstić information content (AvgIpc) is 2.80. The lowest BCUT2D eigenvalue weighted by Crippen LogP contribution is -2.53. The van der Waals surface area contributed by atoms with E-state index in [-0.39, 0.29) is 17.5 Å². The lowest BCUT2D eigenvalue weighted by molar-refractivity contribution is 0.0667. The molecule has 3 rings (SSSR count). The number of carbonyl (C=O) groups is 2. The number of urea groups is 1. The van der Waals surface area contributed by atoms with Crippen LogP contribution in [0.15, 0.2) is 24.3 Å². The van der Waals surface area contributed by atoms with E-state index in [4.69, 9.17) is 0 Å². The molecule has 20 heavy (non-hydrogen) atoms. The summed E-state index contributed by atoms with van der Waals surface area (Å²) in [5, 5.41) is 5.69. The first-order valence-electron chi connectivity index (χ1n) is 6.69. The van der Waals surface area contributed by atoms with Crippen LogP contribution in [0, 0.1) is 5.82 Å². The van der Waals surface area contributed by atoms with Crippen molar-refractivity contribution in [3.05, 3.63) is 35.6 Å². The molecule has 5 nitrogen and oxygen atoms in total. The fourth-order valence-corrected chi connectivity index (χ4v) is 2.82. The topological polar surface area (TPSA) is 61.4 Å². The van der Waals surface area contributed by atoms with Gasteiger partial charge in [0, 0.05) is 25.2 Å². The molecule has 1 spiro atoms. The minimum atomic E-state index is -0.406. The maximum Gasteiger partial charge on any atom is 0.315 e. The number of hydrogen-bond acceptors (Lipinski definition) is 2. The fraction of sp³-hybridized carbons (Fsp3) is 0.429. The molecule has 0 bridgehead atoms. The van der Waals surface area contributed by atoms with Crippen LogP contribution in [0.2, 0.25) is 0 Å². The highest BCUT2D eigenvalue weighted by Crippen LogP contribution is 2.25. The van der Waals surface area contributed by atoms with Crippen molar-refractivity contribution in [2.45, 2.75) is 18.4 Å². The number of amides is 3. The Morgan fingerprint density at radius 2 is 2.05 bits per heavy atom. The molecule has 2 aliphatic rings. The zero-order valence-corrected chi connectivity index (χ0v) is 11.0. The van der Waals surface area contributed by atoms with E-state index in [1.165, 1.54) is 18.2 Å². The molecule has 106 valence electrons. The Bertz CT molecular complexity index is 553. The first kappa shape index (κ1) is 12.9. The number of piperidine rings is 1.